The Labute approximate surface area is 175 Å². The van der Waals surface area contributed by atoms with Gasteiger partial charge in [-0.3, -0.25) is 4.79 Å². The van der Waals surface area contributed by atoms with E-state index in [0.717, 1.165) is 12.0 Å². The van der Waals surface area contributed by atoms with Crippen LogP contribution in [0.15, 0.2) is 78.4 Å². The van der Waals surface area contributed by atoms with Crippen molar-refractivity contribution in [2.45, 2.75) is 20.0 Å². The zero-order valence-electron chi connectivity index (χ0n) is 16.6. The molecule has 0 aliphatic rings. The molecule has 4 nitrogen and oxygen atoms in total. The van der Waals surface area contributed by atoms with Gasteiger partial charge in [0, 0.05) is 11.3 Å². The third kappa shape index (κ3) is 5.33. The van der Waals surface area contributed by atoms with E-state index in [2.05, 4.69) is 5.32 Å². The zero-order valence-corrected chi connectivity index (χ0v) is 16.6. The smallest absolute Gasteiger partial charge is 0.266 e. The molecule has 0 unspecified atom stereocenters. The Morgan fingerprint density at radius 3 is 2.53 bits per heavy atom. The molecule has 3 rings (SSSR count). The number of anilines is 1. The highest BCUT2D eigenvalue weighted by molar-refractivity contribution is 6.10. The Morgan fingerprint density at radius 1 is 1.07 bits per heavy atom. The van der Waals surface area contributed by atoms with E-state index in [-0.39, 0.29) is 18.0 Å². The molecule has 0 bridgehead atoms. The lowest BCUT2D eigenvalue weighted by atomic mass is 10.1. The van der Waals surface area contributed by atoms with Crippen molar-refractivity contribution in [1.29, 1.82) is 5.26 Å². The molecule has 0 aliphatic carbocycles. The fraction of sp³-hybridized carbons (Fsp3) is 0.120. The molecular weight excluding hydrogens is 379 g/mol. The summed E-state index contributed by atoms with van der Waals surface area (Å²) in [5.41, 5.74) is 2.74. The van der Waals surface area contributed by atoms with Gasteiger partial charge in [0.15, 0.2) is 0 Å². The Balaban J connectivity index is 1.74. The lowest BCUT2D eigenvalue weighted by molar-refractivity contribution is -0.112. The first-order valence-electron chi connectivity index (χ1n) is 9.58. The molecule has 5 heteroatoms. The molecule has 0 saturated carbocycles. The topological polar surface area (TPSA) is 62.1 Å². The van der Waals surface area contributed by atoms with Gasteiger partial charge in [-0.1, -0.05) is 55.5 Å². The summed E-state index contributed by atoms with van der Waals surface area (Å²) in [4.78, 5) is 12.6. The predicted molar refractivity (Wildman–Crippen MR) is 115 cm³/mol. The fourth-order valence-electron chi connectivity index (χ4n) is 2.93. The maximum Gasteiger partial charge on any atom is 0.266 e. The molecule has 1 amide bonds. The van der Waals surface area contributed by atoms with E-state index >= 15 is 0 Å². The Bertz CT molecular complexity index is 1120. The number of amides is 1. The van der Waals surface area contributed by atoms with Gasteiger partial charge in [0.1, 0.15) is 29.8 Å². The number of halogens is 1. The quantitative estimate of drug-likeness (QED) is 0.420. The van der Waals surface area contributed by atoms with Crippen molar-refractivity contribution in [3.05, 3.63) is 101 Å². The van der Waals surface area contributed by atoms with E-state index in [1.54, 1.807) is 42.5 Å². The van der Waals surface area contributed by atoms with Crippen LogP contribution in [0.2, 0.25) is 0 Å². The fourth-order valence-corrected chi connectivity index (χ4v) is 2.93. The average Bonchev–Trinajstić information content (AvgIpc) is 2.77. The van der Waals surface area contributed by atoms with Gasteiger partial charge in [-0.05, 0) is 47.9 Å². The van der Waals surface area contributed by atoms with Crippen LogP contribution in [0.4, 0.5) is 10.1 Å². The third-order valence-corrected chi connectivity index (χ3v) is 4.53. The van der Waals surface area contributed by atoms with Gasteiger partial charge in [-0.25, -0.2) is 4.39 Å². The SMILES string of the molecule is CCc1ccccc1NC(=O)/C(C#N)=C\c1cccc(OCc2ccccc2F)c1. The number of hydrogen-bond donors (Lipinski definition) is 1. The molecule has 150 valence electrons. The summed E-state index contributed by atoms with van der Waals surface area (Å²) in [5, 5.41) is 12.3. The van der Waals surface area contributed by atoms with Crippen molar-refractivity contribution in [1.82, 2.24) is 0 Å². The second-order valence-corrected chi connectivity index (χ2v) is 6.59. The van der Waals surface area contributed by atoms with Crippen LogP contribution in [0.3, 0.4) is 0 Å². The highest BCUT2D eigenvalue weighted by Crippen LogP contribution is 2.20. The minimum atomic E-state index is -0.476. The number of aryl methyl sites for hydroxylation is 1. The minimum Gasteiger partial charge on any atom is -0.489 e. The molecule has 0 aromatic heterocycles. The summed E-state index contributed by atoms with van der Waals surface area (Å²) in [7, 11) is 0. The van der Waals surface area contributed by atoms with Crippen LogP contribution >= 0.6 is 0 Å². The van der Waals surface area contributed by atoms with Crippen LogP contribution in [0.5, 0.6) is 5.75 Å². The maximum atomic E-state index is 13.7. The van der Waals surface area contributed by atoms with E-state index in [9.17, 15) is 14.4 Å². The number of benzene rings is 3. The van der Waals surface area contributed by atoms with Crippen LogP contribution in [0.1, 0.15) is 23.6 Å². The van der Waals surface area contributed by atoms with Gasteiger partial charge < -0.3 is 10.1 Å². The van der Waals surface area contributed by atoms with Crippen LogP contribution in [-0.4, -0.2) is 5.91 Å². The number of nitrogens with one attached hydrogen (secondary N) is 1. The van der Waals surface area contributed by atoms with E-state index in [0.29, 0.717) is 22.6 Å². The molecule has 0 aliphatic heterocycles. The number of ether oxygens (including phenoxy) is 1. The molecule has 3 aromatic carbocycles. The van der Waals surface area contributed by atoms with Gasteiger partial charge in [0.25, 0.3) is 5.91 Å². The zero-order chi connectivity index (χ0) is 21.3. The third-order valence-electron chi connectivity index (χ3n) is 4.53. The predicted octanol–water partition coefficient (Wildman–Crippen LogP) is 5.51. The molecule has 0 fully saturated rings. The van der Waals surface area contributed by atoms with E-state index in [4.69, 9.17) is 4.74 Å². The number of rotatable bonds is 7. The van der Waals surface area contributed by atoms with Crippen LogP contribution in [0, 0.1) is 17.1 Å². The second kappa shape index (κ2) is 10.0. The van der Waals surface area contributed by atoms with Gasteiger partial charge in [-0.15, -0.1) is 0 Å². The molecular formula is C25H21FN2O2. The van der Waals surface area contributed by atoms with Crippen molar-refractivity contribution >= 4 is 17.7 Å². The first kappa shape index (κ1) is 20.8. The number of nitriles is 1. The largest absolute Gasteiger partial charge is 0.489 e. The summed E-state index contributed by atoms with van der Waals surface area (Å²) >= 11 is 0. The van der Waals surface area contributed by atoms with E-state index < -0.39 is 5.91 Å². The summed E-state index contributed by atoms with van der Waals surface area (Å²) < 4.78 is 19.4. The van der Waals surface area contributed by atoms with E-state index in [1.165, 1.54) is 12.1 Å². The van der Waals surface area contributed by atoms with Crippen molar-refractivity contribution < 1.29 is 13.9 Å². The Hall–Kier alpha value is -3.91. The Morgan fingerprint density at radius 2 is 1.80 bits per heavy atom. The summed E-state index contributed by atoms with van der Waals surface area (Å²) in [6, 6.07) is 22.8. The van der Waals surface area contributed by atoms with Gasteiger partial charge in [0.05, 0.1) is 0 Å². The van der Waals surface area contributed by atoms with E-state index in [1.807, 2.05) is 37.3 Å². The normalized spacial score (nSPS) is 10.9. The van der Waals surface area contributed by atoms with Crippen LogP contribution in [0.25, 0.3) is 6.08 Å². The highest BCUT2D eigenvalue weighted by Gasteiger charge is 2.11. The van der Waals surface area contributed by atoms with Crippen LogP contribution in [-0.2, 0) is 17.8 Å². The molecule has 30 heavy (non-hydrogen) atoms. The lowest BCUT2D eigenvalue weighted by Crippen LogP contribution is -2.14. The van der Waals surface area contributed by atoms with Crippen LogP contribution < -0.4 is 10.1 Å². The number of nitrogens with zero attached hydrogens (tertiary/aromatic N) is 1. The van der Waals surface area contributed by atoms with Crippen molar-refractivity contribution in [2.24, 2.45) is 0 Å². The number of carbonyl (C=O) groups excluding carboxylic acids is 1. The molecule has 3 aromatic rings. The number of para-hydroxylation sites is 1. The maximum absolute atomic E-state index is 13.7. The van der Waals surface area contributed by atoms with Gasteiger partial charge >= 0.3 is 0 Å². The minimum absolute atomic E-state index is 0.0211. The Kier molecular flexibility index (Phi) is 6.96. The molecule has 0 spiro atoms. The molecule has 0 radical (unpaired) electrons. The lowest BCUT2D eigenvalue weighted by Gasteiger charge is -2.09. The summed E-state index contributed by atoms with van der Waals surface area (Å²) in [6.07, 6.45) is 2.27. The molecule has 0 heterocycles. The monoisotopic (exact) mass is 400 g/mol. The van der Waals surface area contributed by atoms with Gasteiger partial charge in [-0.2, -0.15) is 5.26 Å². The van der Waals surface area contributed by atoms with Crippen molar-refractivity contribution in [3.8, 4) is 11.8 Å². The standard InChI is InChI=1S/C25H21FN2O2/c1-2-19-9-4-6-13-24(19)28-25(29)21(16-27)14-18-8-7-11-22(15-18)30-17-20-10-3-5-12-23(20)26/h3-15H,2,17H2,1H3,(H,28,29)/b21-14-. The summed E-state index contributed by atoms with van der Waals surface area (Å²) in [5.74, 6) is -0.290. The number of carbonyl (C=O) groups is 1. The highest BCUT2D eigenvalue weighted by atomic mass is 19.1. The van der Waals surface area contributed by atoms with Crippen molar-refractivity contribution in [3.63, 3.8) is 0 Å². The molecule has 0 atom stereocenters. The molecule has 1 N–H and O–H groups in total. The number of hydrogen-bond acceptors (Lipinski definition) is 3. The van der Waals surface area contributed by atoms with Gasteiger partial charge in [0.2, 0.25) is 0 Å². The first-order chi connectivity index (χ1) is 14.6. The summed E-state index contributed by atoms with van der Waals surface area (Å²) in [6.45, 7) is 2.08. The second-order valence-electron chi connectivity index (χ2n) is 6.59. The molecule has 0 saturated heterocycles. The average molecular weight is 400 g/mol. The van der Waals surface area contributed by atoms with Crippen molar-refractivity contribution in [2.75, 3.05) is 5.32 Å². The first-order valence-corrected chi connectivity index (χ1v) is 9.58.